The zero-order chi connectivity index (χ0) is 13.8. The summed E-state index contributed by atoms with van der Waals surface area (Å²) in [6.07, 6.45) is 3.94. The second kappa shape index (κ2) is 6.34. The van der Waals surface area contributed by atoms with Crippen molar-refractivity contribution in [2.75, 3.05) is 32.4 Å². The predicted octanol–water partition coefficient (Wildman–Crippen LogP) is 1.50. The number of rotatable bonds is 3. The lowest BCUT2D eigenvalue weighted by Gasteiger charge is -2.29. The maximum Gasteiger partial charge on any atom is 0.255 e. The van der Waals surface area contributed by atoms with Crippen LogP contribution in [0.2, 0.25) is 0 Å². The Kier molecular flexibility index (Phi) is 4.76. The molecule has 104 valence electrons. The second-order valence-electron chi connectivity index (χ2n) is 5.07. The van der Waals surface area contributed by atoms with E-state index in [2.05, 4.69) is 38.2 Å². The maximum absolute atomic E-state index is 12.1. The van der Waals surface area contributed by atoms with Crippen LogP contribution in [0.15, 0.2) is 16.7 Å². The number of hydrogen-bond acceptors (Lipinski definition) is 4. The monoisotopic (exact) mass is 326 g/mol. The maximum atomic E-state index is 12.1. The first kappa shape index (κ1) is 14.3. The van der Waals surface area contributed by atoms with Crippen LogP contribution in [0.5, 0.6) is 0 Å². The normalized spacial score (nSPS) is 20.2. The minimum Gasteiger partial charge on any atom is -0.383 e. The lowest BCUT2D eigenvalue weighted by molar-refractivity contribution is 0.0937. The molecule has 1 unspecified atom stereocenters. The number of nitrogens with two attached hydrogens (primary N) is 1. The number of hydrogen-bond donors (Lipinski definition) is 2. The molecule has 0 radical (unpaired) electrons. The molecule has 1 fully saturated rings. The Hall–Kier alpha value is -1.14. The van der Waals surface area contributed by atoms with Crippen molar-refractivity contribution in [1.29, 1.82) is 0 Å². The number of nitrogens with zero attached hydrogens (tertiary/aromatic N) is 2. The van der Waals surface area contributed by atoms with Gasteiger partial charge in [0.2, 0.25) is 0 Å². The van der Waals surface area contributed by atoms with Crippen LogP contribution in [0.4, 0.5) is 5.82 Å². The zero-order valence-corrected chi connectivity index (χ0v) is 12.6. The molecule has 6 heteroatoms. The van der Waals surface area contributed by atoms with E-state index in [1.165, 1.54) is 6.42 Å². The Labute approximate surface area is 121 Å². The number of likely N-dealkylation sites (tertiary alicyclic amines) is 1. The third kappa shape index (κ3) is 3.91. The Bertz CT molecular complexity index is 466. The third-order valence-electron chi connectivity index (χ3n) is 3.40. The van der Waals surface area contributed by atoms with Gasteiger partial charge in [0.05, 0.1) is 5.56 Å². The van der Waals surface area contributed by atoms with Gasteiger partial charge in [-0.3, -0.25) is 4.79 Å². The molecule has 1 aliphatic rings. The minimum atomic E-state index is -0.153. The molecule has 1 aromatic heterocycles. The van der Waals surface area contributed by atoms with Crippen molar-refractivity contribution in [3.8, 4) is 0 Å². The highest BCUT2D eigenvalue weighted by Gasteiger charge is 2.19. The molecule has 1 atom stereocenters. The van der Waals surface area contributed by atoms with E-state index >= 15 is 0 Å². The number of halogens is 1. The van der Waals surface area contributed by atoms with Gasteiger partial charge in [-0.05, 0) is 54.3 Å². The van der Waals surface area contributed by atoms with Crippen LogP contribution >= 0.6 is 15.9 Å². The van der Waals surface area contributed by atoms with Crippen molar-refractivity contribution in [2.45, 2.75) is 12.8 Å². The average molecular weight is 327 g/mol. The molecule has 0 saturated carbocycles. The first-order chi connectivity index (χ1) is 9.06. The number of anilines is 1. The molecule has 5 nitrogen and oxygen atoms in total. The number of piperidine rings is 1. The van der Waals surface area contributed by atoms with Crippen molar-refractivity contribution in [1.82, 2.24) is 15.2 Å². The van der Waals surface area contributed by atoms with Crippen LogP contribution < -0.4 is 11.1 Å². The summed E-state index contributed by atoms with van der Waals surface area (Å²) in [4.78, 5) is 18.3. The van der Waals surface area contributed by atoms with Crippen LogP contribution in [-0.4, -0.2) is 42.5 Å². The number of amides is 1. The molecular weight excluding hydrogens is 308 g/mol. The van der Waals surface area contributed by atoms with Gasteiger partial charge < -0.3 is 16.0 Å². The van der Waals surface area contributed by atoms with Crippen molar-refractivity contribution < 1.29 is 4.79 Å². The number of carbonyl (C=O) groups excluding carboxylic acids is 1. The summed E-state index contributed by atoms with van der Waals surface area (Å²) in [5.41, 5.74) is 6.15. The topological polar surface area (TPSA) is 71.2 Å². The van der Waals surface area contributed by atoms with Gasteiger partial charge in [-0.2, -0.15) is 0 Å². The van der Waals surface area contributed by atoms with Gasteiger partial charge in [0, 0.05) is 23.8 Å². The zero-order valence-electron chi connectivity index (χ0n) is 11.0. The van der Waals surface area contributed by atoms with E-state index in [-0.39, 0.29) is 11.7 Å². The molecule has 2 rings (SSSR count). The fraction of sp³-hybridized carbons (Fsp3) is 0.538. The highest BCUT2D eigenvalue weighted by atomic mass is 79.9. The molecule has 0 aliphatic carbocycles. The van der Waals surface area contributed by atoms with Crippen LogP contribution in [0, 0.1) is 5.92 Å². The Morgan fingerprint density at radius 3 is 3.21 bits per heavy atom. The lowest BCUT2D eigenvalue weighted by Crippen LogP contribution is -2.39. The standard InChI is InChI=1S/C13H19BrN4O/c1-18-4-2-3-9(8-18)6-17-13(19)11-5-10(14)7-16-12(11)15/h5,7,9H,2-4,6,8H2,1H3,(H2,15,16)(H,17,19). The third-order valence-corrected chi connectivity index (χ3v) is 3.84. The van der Waals surface area contributed by atoms with Gasteiger partial charge in [-0.1, -0.05) is 0 Å². The van der Waals surface area contributed by atoms with Crippen LogP contribution in [-0.2, 0) is 0 Å². The summed E-state index contributed by atoms with van der Waals surface area (Å²) >= 11 is 3.30. The van der Waals surface area contributed by atoms with Crippen molar-refractivity contribution in [3.63, 3.8) is 0 Å². The van der Waals surface area contributed by atoms with E-state index in [0.29, 0.717) is 18.0 Å². The molecule has 19 heavy (non-hydrogen) atoms. The molecule has 1 saturated heterocycles. The Morgan fingerprint density at radius 2 is 2.47 bits per heavy atom. The summed E-state index contributed by atoms with van der Waals surface area (Å²) < 4.78 is 0.754. The molecule has 2 heterocycles. The Balaban J connectivity index is 1.92. The number of carbonyl (C=O) groups is 1. The van der Waals surface area contributed by atoms with Crippen molar-refractivity contribution >= 4 is 27.7 Å². The summed E-state index contributed by atoms with van der Waals surface area (Å²) in [7, 11) is 2.12. The van der Waals surface area contributed by atoms with E-state index in [4.69, 9.17) is 5.73 Å². The van der Waals surface area contributed by atoms with E-state index in [1.807, 2.05) is 0 Å². The van der Waals surface area contributed by atoms with Crippen molar-refractivity contribution in [3.05, 3.63) is 22.3 Å². The number of nitrogens with one attached hydrogen (secondary N) is 1. The SMILES string of the molecule is CN1CCCC(CNC(=O)c2cc(Br)cnc2N)C1. The first-order valence-electron chi connectivity index (χ1n) is 6.44. The molecule has 3 N–H and O–H groups in total. The predicted molar refractivity (Wildman–Crippen MR) is 78.9 cm³/mol. The average Bonchev–Trinajstić information content (AvgIpc) is 2.39. The first-order valence-corrected chi connectivity index (χ1v) is 7.23. The smallest absolute Gasteiger partial charge is 0.255 e. The van der Waals surface area contributed by atoms with Gasteiger partial charge in [-0.25, -0.2) is 4.98 Å². The molecular formula is C13H19BrN4O. The summed E-state index contributed by atoms with van der Waals surface area (Å²) in [5.74, 6) is 0.630. The molecule has 0 bridgehead atoms. The number of nitrogen functional groups attached to an aromatic ring is 1. The molecule has 0 spiro atoms. The van der Waals surface area contributed by atoms with Gasteiger partial charge in [0.15, 0.2) is 0 Å². The minimum absolute atomic E-state index is 0.153. The lowest BCUT2D eigenvalue weighted by atomic mass is 9.98. The summed E-state index contributed by atoms with van der Waals surface area (Å²) in [5, 5.41) is 2.95. The van der Waals surface area contributed by atoms with Crippen LogP contribution in [0.3, 0.4) is 0 Å². The van der Waals surface area contributed by atoms with Gasteiger partial charge in [-0.15, -0.1) is 0 Å². The molecule has 0 aromatic carbocycles. The number of pyridine rings is 1. The van der Waals surface area contributed by atoms with Gasteiger partial charge in [0.25, 0.3) is 5.91 Å². The Morgan fingerprint density at radius 1 is 1.68 bits per heavy atom. The van der Waals surface area contributed by atoms with Gasteiger partial charge >= 0.3 is 0 Å². The molecule has 1 amide bonds. The fourth-order valence-electron chi connectivity index (χ4n) is 2.40. The second-order valence-corrected chi connectivity index (χ2v) is 5.98. The highest BCUT2D eigenvalue weighted by Crippen LogP contribution is 2.17. The molecule has 1 aromatic rings. The quantitative estimate of drug-likeness (QED) is 0.883. The molecule has 1 aliphatic heterocycles. The van der Waals surface area contributed by atoms with Crippen molar-refractivity contribution in [2.24, 2.45) is 5.92 Å². The fourth-order valence-corrected chi connectivity index (χ4v) is 2.74. The van der Waals surface area contributed by atoms with Gasteiger partial charge in [0.1, 0.15) is 5.82 Å². The largest absolute Gasteiger partial charge is 0.383 e. The van der Waals surface area contributed by atoms with Crippen LogP contribution in [0.25, 0.3) is 0 Å². The highest BCUT2D eigenvalue weighted by molar-refractivity contribution is 9.10. The number of aromatic nitrogens is 1. The van der Waals surface area contributed by atoms with E-state index in [1.54, 1.807) is 12.3 Å². The van der Waals surface area contributed by atoms with E-state index in [0.717, 1.165) is 24.0 Å². The summed E-state index contributed by atoms with van der Waals surface area (Å²) in [6, 6.07) is 1.70. The van der Waals surface area contributed by atoms with E-state index < -0.39 is 0 Å². The van der Waals surface area contributed by atoms with E-state index in [9.17, 15) is 4.79 Å². The summed E-state index contributed by atoms with van der Waals surface area (Å²) in [6.45, 7) is 2.87. The van der Waals surface area contributed by atoms with Crippen LogP contribution in [0.1, 0.15) is 23.2 Å².